The van der Waals surface area contributed by atoms with Gasteiger partial charge in [0, 0.05) is 25.1 Å². The molecule has 1 saturated heterocycles. The van der Waals surface area contributed by atoms with Crippen molar-refractivity contribution in [2.75, 3.05) is 13.2 Å². The number of halogens is 1. The lowest BCUT2D eigenvalue weighted by Gasteiger charge is -2.17. The molecular weight excluding hydrogens is 245 g/mol. The van der Waals surface area contributed by atoms with Gasteiger partial charge in [-0.05, 0) is 23.6 Å². The highest BCUT2D eigenvalue weighted by molar-refractivity contribution is 5.78. The van der Waals surface area contributed by atoms with Gasteiger partial charge in [0.1, 0.15) is 12.4 Å². The van der Waals surface area contributed by atoms with E-state index in [9.17, 15) is 9.18 Å². The van der Waals surface area contributed by atoms with Crippen LogP contribution in [-0.4, -0.2) is 29.1 Å². The number of likely N-dealkylation sites (tertiary alicyclic amines) is 1. The zero-order valence-electron chi connectivity index (χ0n) is 10.8. The van der Waals surface area contributed by atoms with Crippen LogP contribution in [0.1, 0.15) is 24.5 Å². The minimum Gasteiger partial charge on any atom is -0.384 e. The minimum atomic E-state index is -0.368. The first kappa shape index (κ1) is 13.6. The molecule has 0 saturated carbocycles. The van der Waals surface area contributed by atoms with E-state index in [0.717, 1.165) is 12.1 Å². The SMILES string of the molecule is CC1CC(=O)N(Cc2ccc(F)cc2C#CCO)C1. The van der Waals surface area contributed by atoms with Gasteiger partial charge in [0.05, 0.1) is 0 Å². The molecule has 1 aliphatic rings. The molecule has 2 rings (SSSR count). The molecule has 1 aromatic rings. The molecule has 0 aromatic heterocycles. The van der Waals surface area contributed by atoms with Crippen molar-refractivity contribution >= 4 is 5.91 Å². The van der Waals surface area contributed by atoms with E-state index in [4.69, 9.17) is 5.11 Å². The lowest BCUT2D eigenvalue weighted by Crippen LogP contribution is -2.24. The third-order valence-electron chi connectivity index (χ3n) is 3.14. The topological polar surface area (TPSA) is 40.5 Å². The molecule has 1 atom stereocenters. The van der Waals surface area contributed by atoms with Crippen LogP contribution < -0.4 is 0 Å². The van der Waals surface area contributed by atoms with E-state index in [-0.39, 0.29) is 18.3 Å². The first-order valence-corrected chi connectivity index (χ1v) is 6.26. The van der Waals surface area contributed by atoms with E-state index in [2.05, 4.69) is 11.8 Å². The number of carbonyl (C=O) groups is 1. The van der Waals surface area contributed by atoms with Gasteiger partial charge in [-0.15, -0.1) is 0 Å². The molecule has 0 spiro atoms. The van der Waals surface area contributed by atoms with Crippen molar-refractivity contribution < 1.29 is 14.3 Å². The van der Waals surface area contributed by atoms with Crippen LogP contribution in [0, 0.1) is 23.6 Å². The summed E-state index contributed by atoms with van der Waals surface area (Å²) in [6, 6.07) is 4.35. The Kier molecular flexibility index (Phi) is 4.18. The fourth-order valence-electron chi connectivity index (χ4n) is 2.27. The van der Waals surface area contributed by atoms with Crippen molar-refractivity contribution in [2.24, 2.45) is 5.92 Å². The van der Waals surface area contributed by atoms with Gasteiger partial charge < -0.3 is 10.0 Å². The van der Waals surface area contributed by atoms with E-state index in [0.29, 0.717) is 24.4 Å². The number of aliphatic hydroxyl groups is 1. The van der Waals surface area contributed by atoms with Crippen molar-refractivity contribution in [2.45, 2.75) is 19.9 Å². The third-order valence-corrected chi connectivity index (χ3v) is 3.14. The molecule has 0 bridgehead atoms. The smallest absolute Gasteiger partial charge is 0.223 e. The Morgan fingerprint density at radius 3 is 2.95 bits per heavy atom. The number of carbonyl (C=O) groups excluding carboxylic acids is 1. The van der Waals surface area contributed by atoms with E-state index in [1.165, 1.54) is 12.1 Å². The maximum absolute atomic E-state index is 13.2. The largest absolute Gasteiger partial charge is 0.384 e. The highest BCUT2D eigenvalue weighted by Crippen LogP contribution is 2.21. The molecule has 1 unspecified atom stereocenters. The summed E-state index contributed by atoms with van der Waals surface area (Å²) in [5, 5.41) is 8.72. The van der Waals surface area contributed by atoms with E-state index < -0.39 is 0 Å². The van der Waals surface area contributed by atoms with E-state index in [1.54, 1.807) is 11.0 Å². The Morgan fingerprint density at radius 1 is 1.53 bits per heavy atom. The second-order valence-corrected chi connectivity index (χ2v) is 4.84. The quantitative estimate of drug-likeness (QED) is 0.820. The van der Waals surface area contributed by atoms with Gasteiger partial charge in [-0.1, -0.05) is 24.8 Å². The van der Waals surface area contributed by atoms with Gasteiger partial charge in [0.2, 0.25) is 5.91 Å². The zero-order chi connectivity index (χ0) is 13.8. The van der Waals surface area contributed by atoms with Gasteiger partial charge in [-0.3, -0.25) is 4.79 Å². The predicted molar refractivity (Wildman–Crippen MR) is 69.6 cm³/mol. The molecule has 4 heteroatoms. The Hall–Kier alpha value is -1.86. The number of rotatable bonds is 2. The first-order chi connectivity index (χ1) is 9.10. The molecule has 1 aliphatic heterocycles. The van der Waals surface area contributed by atoms with Crippen LogP contribution in [0.5, 0.6) is 0 Å². The average molecular weight is 261 g/mol. The Morgan fingerprint density at radius 2 is 2.32 bits per heavy atom. The minimum absolute atomic E-state index is 0.123. The lowest BCUT2D eigenvalue weighted by atomic mass is 10.1. The first-order valence-electron chi connectivity index (χ1n) is 6.26. The fraction of sp³-hybridized carbons (Fsp3) is 0.400. The number of nitrogens with zero attached hydrogens (tertiary/aromatic N) is 1. The molecule has 1 heterocycles. The molecule has 0 radical (unpaired) electrons. The van der Waals surface area contributed by atoms with Crippen LogP contribution >= 0.6 is 0 Å². The number of hydrogen-bond donors (Lipinski definition) is 1. The zero-order valence-corrected chi connectivity index (χ0v) is 10.8. The van der Waals surface area contributed by atoms with Crippen molar-refractivity contribution in [3.63, 3.8) is 0 Å². The highest BCUT2D eigenvalue weighted by Gasteiger charge is 2.26. The Bertz CT molecular complexity index is 545. The number of amides is 1. The van der Waals surface area contributed by atoms with Crippen molar-refractivity contribution in [3.05, 3.63) is 35.1 Å². The lowest BCUT2D eigenvalue weighted by molar-refractivity contribution is -0.128. The maximum atomic E-state index is 13.2. The molecule has 1 amide bonds. The normalized spacial score (nSPS) is 18.4. The maximum Gasteiger partial charge on any atom is 0.223 e. The van der Waals surface area contributed by atoms with Crippen LogP contribution in [-0.2, 0) is 11.3 Å². The molecule has 100 valence electrons. The van der Waals surface area contributed by atoms with Crippen molar-refractivity contribution in [1.29, 1.82) is 0 Å². The van der Waals surface area contributed by atoms with Crippen LogP contribution in [0.2, 0.25) is 0 Å². The summed E-state index contributed by atoms with van der Waals surface area (Å²) in [6.07, 6.45) is 0.568. The summed E-state index contributed by atoms with van der Waals surface area (Å²) in [5.41, 5.74) is 1.34. The van der Waals surface area contributed by atoms with Gasteiger partial charge in [0.25, 0.3) is 0 Å². The predicted octanol–water partition coefficient (Wildman–Crippen LogP) is 1.54. The summed E-state index contributed by atoms with van der Waals surface area (Å²) in [6.45, 7) is 2.94. The van der Waals surface area contributed by atoms with Crippen LogP contribution in [0.4, 0.5) is 4.39 Å². The number of benzene rings is 1. The van der Waals surface area contributed by atoms with Gasteiger partial charge in [-0.25, -0.2) is 4.39 Å². The van der Waals surface area contributed by atoms with Crippen molar-refractivity contribution in [3.8, 4) is 11.8 Å². The average Bonchev–Trinajstić information content (AvgIpc) is 2.68. The molecule has 1 N–H and O–H groups in total. The molecule has 1 aromatic carbocycles. The second-order valence-electron chi connectivity index (χ2n) is 4.84. The van der Waals surface area contributed by atoms with E-state index in [1.807, 2.05) is 6.92 Å². The Labute approximate surface area is 112 Å². The van der Waals surface area contributed by atoms with Gasteiger partial charge >= 0.3 is 0 Å². The highest BCUT2D eigenvalue weighted by atomic mass is 19.1. The van der Waals surface area contributed by atoms with Crippen molar-refractivity contribution in [1.82, 2.24) is 4.90 Å². The second kappa shape index (κ2) is 5.85. The molecule has 3 nitrogen and oxygen atoms in total. The summed E-state index contributed by atoms with van der Waals surface area (Å²) >= 11 is 0. The molecule has 1 fully saturated rings. The Balaban J connectivity index is 2.22. The van der Waals surface area contributed by atoms with E-state index >= 15 is 0 Å². The molecular formula is C15H16FNO2. The number of aliphatic hydroxyl groups excluding tert-OH is 1. The summed E-state index contributed by atoms with van der Waals surface area (Å²) < 4.78 is 13.2. The monoisotopic (exact) mass is 261 g/mol. The third kappa shape index (κ3) is 3.33. The van der Waals surface area contributed by atoms with Crippen LogP contribution in [0.15, 0.2) is 18.2 Å². The number of hydrogen-bond acceptors (Lipinski definition) is 2. The van der Waals surface area contributed by atoms with Gasteiger partial charge in [-0.2, -0.15) is 0 Å². The van der Waals surface area contributed by atoms with Crippen LogP contribution in [0.3, 0.4) is 0 Å². The summed E-state index contributed by atoms with van der Waals surface area (Å²) in [5.74, 6) is 5.35. The molecule has 0 aliphatic carbocycles. The van der Waals surface area contributed by atoms with Gasteiger partial charge in [0.15, 0.2) is 0 Å². The summed E-state index contributed by atoms with van der Waals surface area (Å²) in [4.78, 5) is 13.5. The fourth-order valence-corrected chi connectivity index (χ4v) is 2.27. The van der Waals surface area contributed by atoms with Crippen LogP contribution in [0.25, 0.3) is 0 Å². The standard InChI is InChI=1S/C15H16FNO2/c1-11-7-15(19)17(9-11)10-13-4-5-14(16)8-12(13)3-2-6-18/h4-5,8,11,18H,6-7,9-10H2,1H3. The molecule has 19 heavy (non-hydrogen) atoms. The summed E-state index contributed by atoms with van der Waals surface area (Å²) in [7, 11) is 0.